The molecule has 0 bridgehead atoms. The Hall–Kier alpha value is -2.17. The molecule has 0 saturated carbocycles. The van der Waals surface area contributed by atoms with Crippen LogP contribution in [-0.4, -0.2) is 43.7 Å². The predicted molar refractivity (Wildman–Crippen MR) is 99.8 cm³/mol. The smallest absolute Gasteiger partial charge is 0.251 e. The van der Waals surface area contributed by atoms with E-state index in [0.29, 0.717) is 6.54 Å². The van der Waals surface area contributed by atoms with Gasteiger partial charge in [0, 0.05) is 25.2 Å². The van der Waals surface area contributed by atoms with Gasteiger partial charge in [-0.2, -0.15) is 0 Å². The molecule has 4 nitrogen and oxygen atoms in total. The molecule has 1 aliphatic rings. The zero-order valence-corrected chi connectivity index (χ0v) is 15.0. The first-order valence-electron chi connectivity index (χ1n) is 8.87. The first kappa shape index (κ1) is 17.6. The minimum absolute atomic E-state index is 0.0107. The van der Waals surface area contributed by atoms with Gasteiger partial charge < -0.3 is 10.1 Å². The summed E-state index contributed by atoms with van der Waals surface area (Å²) in [6.45, 7) is 7.91. The maximum atomic E-state index is 12.6. The molecule has 1 atom stereocenters. The van der Waals surface area contributed by atoms with Crippen molar-refractivity contribution in [2.24, 2.45) is 0 Å². The lowest BCUT2D eigenvalue weighted by atomic mass is 10.0. The van der Waals surface area contributed by atoms with E-state index in [9.17, 15) is 4.79 Å². The summed E-state index contributed by atoms with van der Waals surface area (Å²) in [5, 5.41) is 3.13. The number of carbonyl (C=O) groups excluding carboxylic acids is 1. The van der Waals surface area contributed by atoms with Crippen molar-refractivity contribution in [3.05, 3.63) is 70.8 Å². The van der Waals surface area contributed by atoms with Crippen molar-refractivity contribution >= 4 is 5.91 Å². The van der Waals surface area contributed by atoms with Crippen LogP contribution in [0, 0.1) is 13.8 Å². The van der Waals surface area contributed by atoms with E-state index in [4.69, 9.17) is 4.74 Å². The first-order chi connectivity index (χ1) is 12.1. The summed E-state index contributed by atoms with van der Waals surface area (Å²) in [5.41, 5.74) is 4.22. The number of ether oxygens (including phenoxy) is 1. The van der Waals surface area contributed by atoms with Crippen molar-refractivity contribution in [3.8, 4) is 0 Å². The van der Waals surface area contributed by atoms with Gasteiger partial charge in [-0.25, -0.2) is 0 Å². The van der Waals surface area contributed by atoms with E-state index in [2.05, 4.69) is 41.4 Å². The highest BCUT2D eigenvalue weighted by Gasteiger charge is 2.23. The number of nitrogens with zero attached hydrogens (tertiary/aromatic N) is 1. The monoisotopic (exact) mass is 338 g/mol. The van der Waals surface area contributed by atoms with Crippen LogP contribution in [-0.2, 0) is 4.74 Å². The first-order valence-corrected chi connectivity index (χ1v) is 8.87. The molecule has 0 radical (unpaired) electrons. The number of nitrogens with one attached hydrogen (secondary N) is 1. The van der Waals surface area contributed by atoms with Gasteiger partial charge in [0.05, 0.1) is 19.3 Å². The third-order valence-corrected chi connectivity index (χ3v) is 4.79. The van der Waals surface area contributed by atoms with Crippen molar-refractivity contribution in [2.45, 2.75) is 19.9 Å². The summed E-state index contributed by atoms with van der Waals surface area (Å²) in [7, 11) is 0. The van der Waals surface area contributed by atoms with Crippen molar-refractivity contribution in [1.29, 1.82) is 0 Å². The number of hydrogen-bond donors (Lipinski definition) is 1. The second kappa shape index (κ2) is 8.28. The lowest BCUT2D eigenvalue weighted by molar-refractivity contribution is 0.0162. The van der Waals surface area contributed by atoms with Gasteiger partial charge in [-0.15, -0.1) is 0 Å². The SMILES string of the molecule is Cc1ccc(C(CNC(=O)c2ccccc2C)N2CCOCC2)cc1. The van der Waals surface area contributed by atoms with Gasteiger partial charge in [-0.3, -0.25) is 9.69 Å². The van der Waals surface area contributed by atoms with Gasteiger partial charge in [0.1, 0.15) is 0 Å². The summed E-state index contributed by atoms with van der Waals surface area (Å²) in [5.74, 6) is -0.0107. The van der Waals surface area contributed by atoms with Crippen LogP contribution in [0.25, 0.3) is 0 Å². The van der Waals surface area contributed by atoms with Crippen LogP contribution in [0.1, 0.15) is 33.1 Å². The molecular weight excluding hydrogens is 312 g/mol. The third kappa shape index (κ3) is 4.47. The van der Waals surface area contributed by atoms with Crippen LogP contribution >= 0.6 is 0 Å². The molecule has 4 heteroatoms. The highest BCUT2D eigenvalue weighted by atomic mass is 16.5. The Bertz CT molecular complexity index is 706. The van der Waals surface area contributed by atoms with Gasteiger partial charge in [0.15, 0.2) is 0 Å². The van der Waals surface area contributed by atoms with E-state index in [-0.39, 0.29) is 11.9 Å². The molecule has 1 unspecified atom stereocenters. The predicted octanol–water partition coefficient (Wildman–Crippen LogP) is 3.11. The second-order valence-electron chi connectivity index (χ2n) is 6.60. The molecule has 25 heavy (non-hydrogen) atoms. The molecule has 1 aliphatic heterocycles. The Morgan fingerprint density at radius 1 is 1.08 bits per heavy atom. The Morgan fingerprint density at radius 2 is 1.76 bits per heavy atom. The van der Waals surface area contributed by atoms with Gasteiger partial charge >= 0.3 is 0 Å². The number of rotatable bonds is 5. The number of aryl methyl sites for hydroxylation is 2. The van der Waals surface area contributed by atoms with Gasteiger partial charge in [-0.1, -0.05) is 48.0 Å². The average Bonchev–Trinajstić information content (AvgIpc) is 2.64. The number of amides is 1. The minimum atomic E-state index is -0.0107. The highest BCUT2D eigenvalue weighted by Crippen LogP contribution is 2.22. The molecule has 1 heterocycles. The van der Waals surface area contributed by atoms with E-state index in [1.54, 1.807) is 0 Å². The zero-order chi connectivity index (χ0) is 17.6. The summed E-state index contributed by atoms with van der Waals surface area (Å²) in [6.07, 6.45) is 0. The molecule has 0 aliphatic carbocycles. The number of benzene rings is 2. The van der Waals surface area contributed by atoms with Crippen molar-refractivity contribution < 1.29 is 9.53 Å². The van der Waals surface area contributed by atoms with Crippen LogP contribution in [0.3, 0.4) is 0 Å². The molecule has 2 aromatic carbocycles. The Labute approximate surface area is 149 Å². The van der Waals surface area contributed by atoms with Crippen LogP contribution in [0.4, 0.5) is 0 Å². The van der Waals surface area contributed by atoms with Crippen LogP contribution < -0.4 is 5.32 Å². The Kier molecular flexibility index (Phi) is 5.84. The lowest BCUT2D eigenvalue weighted by Gasteiger charge is -2.35. The molecule has 132 valence electrons. The molecule has 1 amide bonds. The molecule has 0 aromatic heterocycles. The molecule has 1 saturated heterocycles. The van der Waals surface area contributed by atoms with Crippen LogP contribution in [0.15, 0.2) is 48.5 Å². The van der Waals surface area contributed by atoms with Crippen molar-refractivity contribution in [2.75, 3.05) is 32.8 Å². The zero-order valence-electron chi connectivity index (χ0n) is 15.0. The minimum Gasteiger partial charge on any atom is -0.379 e. The fraction of sp³-hybridized carbons (Fsp3) is 0.381. The van der Waals surface area contributed by atoms with Crippen molar-refractivity contribution in [1.82, 2.24) is 10.2 Å². The molecule has 1 fully saturated rings. The number of morpholine rings is 1. The van der Waals surface area contributed by atoms with Crippen molar-refractivity contribution in [3.63, 3.8) is 0 Å². The fourth-order valence-electron chi connectivity index (χ4n) is 3.25. The van der Waals surface area contributed by atoms with E-state index in [1.165, 1.54) is 11.1 Å². The summed E-state index contributed by atoms with van der Waals surface area (Å²) >= 11 is 0. The summed E-state index contributed by atoms with van der Waals surface area (Å²) < 4.78 is 5.49. The normalized spacial score (nSPS) is 16.4. The van der Waals surface area contributed by atoms with Crippen LogP contribution in [0.2, 0.25) is 0 Å². The second-order valence-corrected chi connectivity index (χ2v) is 6.60. The van der Waals surface area contributed by atoms with E-state index in [0.717, 1.165) is 37.4 Å². The number of carbonyl (C=O) groups is 1. The quantitative estimate of drug-likeness (QED) is 0.911. The maximum Gasteiger partial charge on any atom is 0.251 e. The average molecular weight is 338 g/mol. The number of hydrogen-bond acceptors (Lipinski definition) is 3. The third-order valence-electron chi connectivity index (χ3n) is 4.79. The molecular formula is C21H26N2O2. The van der Waals surface area contributed by atoms with Gasteiger partial charge in [0.2, 0.25) is 0 Å². The van der Waals surface area contributed by atoms with Gasteiger partial charge in [0.25, 0.3) is 5.91 Å². The Balaban J connectivity index is 1.74. The fourth-order valence-corrected chi connectivity index (χ4v) is 3.25. The lowest BCUT2D eigenvalue weighted by Crippen LogP contribution is -2.43. The molecule has 1 N–H and O–H groups in total. The topological polar surface area (TPSA) is 41.6 Å². The maximum absolute atomic E-state index is 12.6. The molecule has 3 rings (SSSR count). The highest BCUT2D eigenvalue weighted by molar-refractivity contribution is 5.95. The van der Waals surface area contributed by atoms with E-state index in [1.807, 2.05) is 31.2 Å². The summed E-state index contributed by atoms with van der Waals surface area (Å²) in [6, 6.07) is 16.4. The molecule has 2 aromatic rings. The largest absolute Gasteiger partial charge is 0.379 e. The standard InChI is InChI=1S/C21H26N2O2/c1-16-7-9-18(10-8-16)20(23-11-13-25-14-12-23)15-22-21(24)19-6-4-3-5-17(19)2/h3-10,20H,11-15H2,1-2H3,(H,22,24). The van der Waals surface area contributed by atoms with Gasteiger partial charge in [-0.05, 0) is 31.0 Å². The van der Waals surface area contributed by atoms with E-state index < -0.39 is 0 Å². The molecule has 0 spiro atoms. The van der Waals surface area contributed by atoms with E-state index >= 15 is 0 Å². The summed E-state index contributed by atoms with van der Waals surface area (Å²) in [4.78, 5) is 15.0. The van der Waals surface area contributed by atoms with Crippen LogP contribution in [0.5, 0.6) is 0 Å². The Morgan fingerprint density at radius 3 is 2.44 bits per heavy atom.